The van der Waals surface area contributed by atoms with Gasteiger partial charge in [0.25, 0.3) is 5.91 Å². The Morgan fingerprint density at radius 1 is 1.24 bits per heavy atom. The largest absolute Gasteiger partial charge is 0.452 e. The van der Waals surface area contributed by atoms with Crippen molar-refractivity contribution in [2.45, 2.75) is 4.90 Å². The number of nitrogens with zero attached hydrogens (tertiary/aromatic N) is 1. The molecule has 0 saturated carbocycles. The number of anilines is 1. The standard InChI is InChI=1S/C15H12Cl2N2O5S/c1-25(22,23)12-5-3-2-4-10(12)15(21)24-8-13(20)19-14-11(17)6-9(16)7-18-14/h2-7H,8H2,1H3,(H,18,19,20). The first-order valence-electron chi connectivity index (χ1n) is 6.75. The Morgan fingerprint density at radius 3 is 2.56 bits per heavy atom. The Bertz CT molecular complexity index is 931. The van der Waals surface area contributed by atoms with Gasteiger partial charge in [0.05, 0.1) is 20.5 Å². The zero-order valence-corrected chi connectivity index (χ0v) is 15.2. The van der Waals surface area contributed by atoms with E-state index in [9.17, 15) is 18.0 Å². The Balaban J connectivity index is 2.04. The van der Waals surface area contributed by atoms with E-state index in [0.717, 1.165) is 6.26 Å². The number of ether oxygens (including phenoxy) is 1. The van der Waals surface area contributed by atoms with Crippen LogP contribution in [0.5, 0.6) is 0 Å². The number of esters is 1. The first-order valence-corrected chi connectivity index (χ1v) is 9.40. The van der Waals surface area contributed by atoms with Crippen molar-refractivity contribution >= 4 is 50.7 Å². The molecule has 0 radical (unpaired) electrons. The van der Waals surface area contributed by atoms with Crippen molar-refractivity contribution in [3.8, 4) is 0 Å². The molecule has 0 fully saturated rings. The van der Waals surface area contributed by atoms with Crippen molar-refractivity contribution in [3.05, 3.63) is 52.1 Å². The molecular formula is C15H12Cl2N2O5S. The number of hydrogen-bond acceptors (Lipinski definition) is 6. The fourth-order valence-electron chi connectivity index (χ4n) is 1.84. The molecule has 1 aromatic carbocycles. The van der Waals surface area contributed by atoms with Gasteiger partial charge in [-0.15, -0.1) is 0 Å². The van der Waals surface area contributed by atoms with E-state index in [1.165, 1.54) is 36.5 Å². The van der Waals surface area contributed by atoms with Crippen molar-refractivity contribution in [1.29, 1.82) is 0 Å². The number of carbonyl (C=O) groups excluding carboxylic acids is 2. The van der Waals surface area contributed by atoms with Gasteiger partial charge in [0.15, 0.2) is 22.3 Å². The number of nitrogens with one attached hydrogen (secondary N) is 1. The lowest BCUT2D eigenvalue weighted by Gasteiger charge is -2.09. The van der Waals surface area contributed by atoms with Gasteiger partial charge in [-0.2, -0.15) is 0 Å². The minimum absolute atomic E-state index is 0.0589. The molecule has 0 bridgehead atoms. The molecule has 0 aliphatic carbocycles. The smallest absolute Gasteiger partial charge is 0.339 e. The second-order valence-electron chi connectivity index (χ2n) is 4.88. The number of sulfone groups is 1. The predicted octanol–water partition coefficient (Wildman–Crippen LogP) is 2.59. The van der Waals surface area contributed by atoms with Crippen LogP contribution in [-0.4, -0.2) is 38.1 Å². The normalized spacial score (nSPS) is 11.0. The highest BCUT2D eigenvalue weighted by Gasteiger charge is 2.20. The molecule has 0 atom stereocenters. The second kappa shape index (κ2) is 7.81. The van der Waals surface area contributed by atoms with Crippen LogP contribution in [0.3, 0.4) is 0 Å². The van der Waals surface area contributed by atoms with Crippen molar-refractivity contribution in [3.63, 3.8) is 0 Å². The van der Waals surface area contributed by atoms with Crippen LogP contribution >= 0.6 is 23.2 Å². The Labute approximate surface area is 153 Å². The number of aromatic nitrogens is 1. The molecule has 25 heavy (non-hydrogen) atoms. The van der Waals surface area contributed by atoms with Gasteiger partial charge < -0.3 is 10.1 Å². The molecule has 0 aliphatic heterocycles. The highest BCUT2D eigenvalue weighted by molar-refractivity contribution is 7.90. The van der Waals surface area contributed by atoms with Gasteiger partial charge in [0, 0.05) is 12.5 Å². The summed E-state index contributed by atoms with van der Waals surface area (Å²) in [6.45, 7) is -0.641. The maximum Gasteiger partial charge on any atom is 0.339 e. The van der Waals surface area contributed by atoms with Crippen molar-refractivity contribution in [2.75, 3.05) is 18.2 Å². The quantitative estimate of drug-likeness (QED) is 0.770. The zero-order chi connectivity index (χ0) is 18.6. The number of rotatable bonds is 5. The molecule has 2 aromatic rings. The molecule has 0 aliphatic rings. The van der Waals surface area contributed by atoms with E-state index in [1.807, 2.05) is 0 Å². The van der Waals surface area contributed by atoms with E-state index in [2.05, 4.69) is 10.3 Å². The lowest BCUT2D eigenvalue weighted by atomic mass is 10.2. The molecule has 0 spiro atoms. The van der Waals surface area contributed by atoms with Crippen molar-refractivity contribution in [1.82, 2.24) is 4.98 Å². The van der Waals surface area contributed by atoms with Crippen LogP contribution in [-0.2, 0) is 19.4 Å². The van der Waals surface area contributed by atoms with Crippen LogP contribution in [0, 0.1) is 0 Å². The summed E-state index contributed by atoms with van der Waals surface area (Å²) < 4.78 is 28.2. The van der Waals surface area contributed by atoms with Gasteiger partial charge >= 0.3 is 5.97 Å². The molecule has 0 saturated heterocycles. The molecule has 0 unspecified atom stereocenters. The summed E-state index contributed by atoms with van der Waals surface area (Å²) in [6, 6.07) is 6.94. The molecule has 1 aromatic heterocycles. The molecule has 1 N–H and O–H groups in total. The van der Waals surface area contributed by atoms with Gasteiger partial charge in [-0.3, -0.25) is 4.79 Å². The molecule has 1 heterocycles. The van der Waals surface area contributed by atoms with E-state index >= 15 is 0 Å². The fourth-order valence-corrected chi connectivity index (χ4v) is 3.15. The summed E-state index contributed by atoms with van der Waals surface area (Å²) in [7, 11) is -3.62. The average molecular weight is 403 g/mol. The molecule has 2 rings (SSSR count). The molecule has 1 amide bonds. The van der Waals surface area contributed by atoms with Crippen LogP contribution in [0.2, 0.25) is 10.0 Å². The lowest BCUT2D eigenvalue weighted by molar-refractivity contribution is -0.119. The first-order chi connectivity index (χ1) is 11.7. The van der Waals surface area contributed by atoms with Gasteiger partial charge in [0.1, 0.15) is 0 Å². The van der Waals surface area contributed by atoms with Gasteiger partial charge in [-0.1, -0.05) is 35.3 Å². The molecule has 132 valence electrons. The van der Waals surface area contributed by atoms with Crippen LogP contribution < -0.4 is 5.32 Å². The van der Waals surface area contributed by atoms with Gasteiger partial charge in [-0.05, 0) is 18.2 Å². The molecular weight excluding hydrogens is 391 g/mol. The summed E-state index contributed by atoms with van der Waals surface area (Å²) in [4.78, 5) is 27.5. The number of halogens is 2. The fraction of sp³-hybridized carbons (Fsp3) is 0.133. The van der Waals surface area contributed by atoms with Crippen LogP contribution in [0.25, 0.3) is 0 Å². The monoisotopic (exact) mass is 402 g/mol. The summed E-state index contributed by atoms with van der Waals surface area (Å²) in [6.07, 6.45) is 2.26. The van der Waals surface area contributed by atoms with Gasteiger partial charge in [-0.25, -0.2) is 18.2 Å². The maximum absolute atomic E-state index is 12.1. The Morgan fingerprint density at radius 2 is 1.92 bits per heavy atom. The van der Waals surface area contributed by atoms with E-state index in [1.54, 1.807) is 0 Å². The van der Waals surface area contributed by atoms with Crippen molar-refractivity contribution in [2.24, 2.45) is 0 Å². The van der Waals surface area contributed by atoms with Crippen LogP contribution in [0.1, 0.15) is 10.4 Å². The summed E-state index contributed by atoms with van der Waals surface area (Å²) in [5.41, 5.74) is -0.152. The van der Waals surface area contributed by atoms with E-state index in [-0.39, 0.29) is 21.3 Å². The SMILES string of the molecule is CS(=O)(=O)c1ccccc1C(=O)OCC(=O)Nc1ncc(Cl)cc1Cl. The van der Waals surface area contributed by atoms with Crippen LogP contribution in [0.4, 0.5) is 5.82 Å². The number of hydrogen-bond donors (Lipinski definition) is 1. The number of amides is 1. The number of carbonyl (C=O) groups is 2. The van der Waals surface area contributed by atoms with Gasteiger partial charge in [0.2, 0.25) is 0 Å². The van der Waals surface area contributed by atoms with E-state index in [0.29, 0.717) is 5.02 Å². The summed E-state index contributed by atoms with van der Waals surface area (Å²) in [5, 5.41) is 2.77. The molecule has 7 nitrogen and oxygen atoms in total. The topological polar surface area (TPSA) is 102 Å². The number of pyridine rings is 1. The lowest BCUT2D eigenvalue weighted by Crippen LogP contribution is -2.22. The second-order valence-corrected chi connectivity index (χ2v) is 7.70. The highest BCUT2D eigenvalue weighted by Crippen LogP contribution is 2.22. The average Bonchev–Trinajstić information content (AvgIpc) is 2.54. The summed E-state index contributed by atoms with van der Waals surface area (Å²) >= 11 is 11.6. The Hall–Kier alpha value is -2.16. The summed E-state index contributed by atoms with van der Waals surface area (Å²) in [5.74, 6) is -1.57. The van der Waals surface area contributed by atoms with E-state index < -0.39 is 28.3 Å². The first kappa shape index (κ1) is 19.2. The number of benzene rings is 1. The van der Waals surface area contributed by atoms with Crippen molar-refractivity contribution < 1.29 is 22.7 Å². The third-order valence-corrected chi connectivity index (χ3v) is 4.56. The zero-order valence-electron chi connectivity index (χ0n) is 12.8. The third-order valence-electron chi connectivity index (χ3n) is 2.91. The maximum atomic E-state index is 12.1. The minimum atomic E-state index is -3.62. The molecule has 10 heteroatoms. The highest BCUT2D eigenvalue weighted by atomic mass is 35.5. The Kier molecular flexibility index (Phi) is 5.99. The van der Waals surface area contributed by atoms with Crippen LogP contribution in [0.15, 0.2) is 41.4 Å². The minimum Gasteiger partial charge on any atom is -0.452 e. The third kappa shape index (κ3) is 5.15. The predicted molar refractivity (Wildman–Crippen MR) is 92.7 cm³/mol. The van der Waals surface area contributed by atoms with E-state index in [4.69, 9.17) is 27.9 Å².